The first-order valence-electron chi connectivity index (χ1n) is 5.74. The van der Waals surface area contributed by atoms with Crippen molar-refractivity contribution in [2.45, 2.75) is 51.9 Å². The zero-order valence-corrected chi connectivity index (χ0v) is 10.1. The van der Waals surface area contributed by atoms with Gasteiger partial charge in [-0.25, -0.2) is 0 Å². The summed E-state index contributed by atoms with van der Waals surface area (Å²) in [5.74, 6) is -2.17. The first-order valence-corrected chi connectivity index (χ1v) is 5.74. The van der Waals surface area contributed by atoms with Crippen LogP contribution in [-0.2, 0) is 24.1 Å². The van der Waals surface area contributed by atoms with Crippen molar-refractivity contribution in [2.75, 3.05) is 0 Å². The van der Waals surface area contributed by atoms with E-state index >= 15 is 0 Å². The second-order valence-electron chi connectivity index (χ2n) is 4.52. The molecule has 0 unspecified atom stereocenters. The summed E-state index contributed by atoms with van der Waals surface area (Å²) in [7, 11) is 0. The highest BCUT2D eigenvalue weighted by molar-refractivity contribution is 5.70. The topological polar surface area (TPSA) is 88.7 Å². The molecule has 1 rings (SSSR count). The fraction of sp³-hybridized carbons (Fsp3) is 0.818. The molecule has 1 fully saturated rings. The molecule has 0 bridgehead atoms. The number of ether oxygens (including phenoxy) is 1. The van der Waals surface area contributed by atoms with E-state index in [9.17, 15) is 9.59 Å². The monoisotopic (exact) mass is 246 g/mol. The second-order valence-corrected chi connectivity index (χ2v) is 4.52. The molecule has 0 spiro atoms. The Bertz CT molecular complexity index is 282. The van der Waals surface area contributed by atoms with Gasteiger partial charge in [0.25, 0.3) is 0 Å². The SMILES string of the molecule is CC(C)CC1(OC(=O)CCCCC(=O)O)OO1. The molecule has 1 aliphatic heterocycles. The van der Waals surface area contributed by atoms with Crippen LogP contribution in [0.3, 0.4) is 0 Å². The van der Waals surface area contributed by atoms with Gasteiger partial charge in [-0.05, 0) is 18.8 Å². The van der Waals surface area contributed by atoms with E-state index in [1.807, 2.05) is 13.8 Å². The molecule has 1 heterocycles. The maximum absolute atomic E-state index is 11.4. The number of esters is 1. The van der Waals surface area contributed by atoms with Crippen LogP contribution >= 0.6 is 0 Å². The zero-order valence-electron chi connectivity index (χ0n) is 10.1. The Hall–Kier alpha value is -1.14. The molecule has 0 radical (unpaired) electrons. The molecule has 0 amide bonds. The van der Waals surface area contributed by atoms with Crippen LogP contribution in [0.5, 0.6) is 0 Å². The molecule has 6 heteroatoms. The summed E-state index contributed by atoms with van der Waals surface area (Å²) in [4.78, 5) is 31.0. The van der Waals surface area contributed by atoms with Crippen LogP contribution < -0.4 is 0 Å². The lowest BCUT2D eigenvalue weighted by Crippen LogP contribution is -2.22. The average molecular weight is 246 g/mol. The maximum Gasteiger partial charge on any atom is 0.383 e. The number of hydrogen-bond donors (Lipinski definition) is 1. The van der Waals surface area contributed by atoms with Crippen LogP contribution in [0.4, 0.5) is 0 Å². The summed E-state index contributed by atoms with van der Waals surface area (Å²) in [6, 6.07) is 0. The van der Waals surface area contributed by atoms with Crippen molar-refractivity contribution in [3.8, 4) is 0 Å². The van der Waals surface area contributed by atoms with E-state index in [2.05, 4.69) is 9.78 Å². The highest BCUT2D eigenvalue weighted by Gasteiger charge is 2.53. The summed E-state index contributed by atoms with van der Waals surface area (Å²) < 4.78 is 5.04. The summed E-state index contributed by atoms with van der Waals surface area (Å²) in [6.45, 7) is 3.93. The fourth-order valence-corrected chi connectivity index (χ4v) is 1.46. The Balaban J connectivity index is 2.15. The summed E-state index contributed by atoms with van der Waals surface area (Å²) in [5.41, 5.74) is 0. The van der Waals surface area contributed by atoms with Crippen LogP contribution in [0.25, 0.3) is 0 Å². The minimum Gasteiger partial charge on any atom is -0.481 e. The van der Waals surface area contributed by atoms with Gasteiger partial charge < -0.3 is 9.84 Å². The van der Waals surface area contributed by atoms with Crippen molar-refractivity contribution in [3.05, 3.63) is 0 Å². The molecule has 0 atom stereocenters. The minimum atomic E-state index is -1.18. The van der Waals surface area contributed by atoms with Crippen molar-refractivity contribution >= 4 is 11.9 Å². The highest BCUT2D eigenvalue weighted by Crippen LogP contribution is 2.37. The lowest BCUT2D eigenvalue weighted by Gasteiger charge is -2.10. The molecule has 98 valence electrons. The van der Waals surface area contributed by atoms with E-state index in [0.717, 1.165) is 0 Å². The van der Waals surface area contributed by atoms with Crippen molar-refractivity contribution in [2.24, 2.45) is 5.92 Å². The molecule has 0 aromatic heterocycles. The van der Waals surface area contributed by atoms with Crippen LogP contribution in [0.15, 0.2) is 0 Å². The van der Waals surface area contributed by atoms with E-state index in [1.54, 1.807) is 0 Å². The predicted molar refractivity (Wildman–Crippen MR) is 56.6 cm³/mol. The van der Waals surface area contributed by atoms with E-state index in [4.69, 9.17) is 9.84 Å². The Labute approximate surface area is 99.8 Å². The van der Waals surface area contributed by atoms with Gasteiger partial charge in [-0.15, -0.1) is 0 Å². The van der Waals surface area contributed by atoms with Gasteiger partial charge in [-0.1, -0.05) is 13.8 Å². The minimum absolute atomic E-state index is 0.0669. The third-order valence-corrected chi connectivity index (χ3v) is 2.22. The van der Waals surface area contributed by atoms with Gasteiger partial charge in [0, 0.05) is 19.3 Å². The first kappa shape index (κ1) is 13.9. The smallest absolute Gasteiger partial charge is 0.383 e. The van der Waals surface area contributed by atoms with E-state index in [-0.39, 0.29) is 18.8 Å². The van der Waals surface area contributed by atoms with Crippen LogP contribution in [0.2, 0.25) is 0 Å². The molecule has 1 aliphatic rings. The normalized spacial score (nSPS) is 16.9. The molecule has 1 saturated heterocycles. The largest absolute Gasteiger partial charge is 0.481 e. The fourth-order valence-electron chi connectivity index (χ4n) is 1.46. The second kappa shape index (κ2) is 5.97. The molecule has 17 heavy (non-hydrogen) atoms. The number of rotatable bonds is 8. The summed E-state index contributed by atoms with van der Waals surface area (Å²) in [6.07, 6.45) is 1.69. The predicted octanol–water partition coefficient (Wildman–Crippen LogP) is 1.84. The molecule has 0 aromatic carbocycles. The molecule has 0 aromatic rings. The van der Waals surface area contributed by atoms with Gasteiger partial charge in [0.05, 0.1) is 0 Å². The van der Waals surface area contributed by atoms with Crippen molar-refractivity contribution in [1.29, 1.82) is 0 Å². The summed E-state index contributed by atoms with van der Waals surface area (Å²) >= 11 is 0. The molecule has 6 nitrogen and oxygen atoms in total. The molecule has 0 saturated carbocycles. The molecule has 0 aliphatic carbocycles. The molecular weight excluding hydrogens is 228 g/mol. The lowest BCUT2D eigenvalue weighted by molar-refractivity contribution is -0.163. The lowest BCUT2D eigenvalue weighted by atomic mass is 10.1. The standard InChI is InChI=1S/C11H18O6/c1-8(2)7-11(16-17-11)15-10(14)6-4-3-5-9(12)13/h8H,3-7H2,1-2H3,(H,12,13). The van der Waals surface area contributed by atoms with Crippen LogP contribution in [0, 0.1) is 5.92 Å². The van der Waals surface area contributed by atoms with Gasteiger partial charge in [0.2, 0.25) is 0 Å². The Morgan fingerprint density at radius 3 is 2.29 bits per heavy atom. The van der Waals surface area contributed by atoms with Crippen molar-refractivity contribution in [3.63, 3.8) is 0 Å². The van der Waals surface area contributed by atoms with Gasteiger partial charge in [-0.2, -0.15) is 9.78 Å². The van der Waals surface area contributed by atoms with Crippen molar-refractivity contribution in [1.82, 2.24) is 0 Å². The Kier molecular flexibility index (Phi) is 4.89. The number of carboxylic acid groups (broad SMARTS) is 1. The molecule has 1 N–H and O–H groups in total. The quantitative estimate of drug-likeness (QED) is 0.304. The van der Waals surface area contributed by atoms with Gasteiger partial charge in [-0.3, -0.25) is 9.59 Å². The van der Waals surface area contributed by atoms with Crippen LogP contribution in [-0.4, -0.2) is 23.0 Å². The zero-order chi connectivity index (χ0) is 12.9. The van der Waals surface area contributed by atoms with Crippen molar-refractivity contribution < 1.29 is 29.2 Å². The number of aliphatic carboxylic acids is 1. The van der Waals surface area contributed by atoms with Crippen LogP contribution in [0.1, 0.15) is 46.0 Å². The number of carboxylic acids is 1. The molecular formula is C11H18O6. The number of carbonyl (C=O) groups is 2. The number of carbonyl (C=O) groups excluding carboxylic acids is 1. The Morgan fingerprint density at radius 1 is 1.24 bits per heavy atom. The summed E-state index contributed by atoms with van der Waals surface area (Å²) in [5, 5.41) is 8.42. The third-order valence-electron chi connectivity index (χ3n) is 2.22. The number of unbranched alkanes of at least 4 members (excludes halogenated alkanes) is 1. The maximum atomic E-state index is 11.4. The van der Waals surface area contributed by atoms with Gasteiger partial charge in [0.15, 0.2) is 0 Å². The van der Waals surface area contributed by atoms with E-state index < -0.39 is 17.9 Å². The third kappa shape index (κ3) is 5.65. The van der Waals surface area contributed by atoms with E-state index in [1.165, 1.54) is 0 Å². The first-order chi connectivity index (χ1) is 7.93. The Morgan fingerprint density at radius 2 is 1.82 bits per heavy atom. The highest BCUT2D eigenvalue weighted by atomic mass is 17.5. The van der Waals surface area contributed by atoms with Gasteiger partial charge in [0.1, 0.15) is 0 Å². The number of hydrogen-bond acceptors (Lipinski definition) is 5. The van der Waals surface area contributed by atoms with E-state index in [0.29, 0.717) is 19.3 Å². The average Bonchev–Trinajstić information content (AvgIpc) is 2.91. The van der Waals surface area contributed by atoms with Gasteiger partial charge >= 0.3 is 17.9 Å².